The van der Waals surface area contributed by atoms with E-state index in [1.54, 1.807) is 12.3 Å². The molecule has 2 heterocycles. The van der Waals surface area contributed by atoms with Crippen LogP contribution in [0.4, 0.5) is 0 Å². The number of hydrogen-bond acceptors (Lipinski definition) is 5. The van der Waals surface area contributed by atoms with Gasteiger partial charge in [0.2, 0.25) is 0 Å². The van der Waals surface area contributed by atoms with E-state index in [4.69, 9.17) is 4.74 Å². The molecule has 132 valence electrons. The molecule has 6 nitrogen and oxygen atoms in total. The summed E-state index contributed by atoms with van der Waals surface area (Å²) in [6, 6.07) is 7.63. The highest BCUT2D eigenvalue weighted by Crippen LogP contribution is 2.23. The first-order chi connectivity index (χ1) is 11.8. The molecule has 0 bridgehead atoms. The molecule has 0 spiro atoms. The Labute approximate surface area is 151 Å². The van der Waals surface area contributed by atoms with E-state index < -0.39 is 23.5 Å². The van der Waals surface area contributed by atoms with Gasteiger partial charge in [-0.2, -0.15) is 5.26 Å². The molecule has 7 heteroatoms. The minimum Gasteiger partial charge on any atom is -0.448 e. The topological polar surface area (TPSA) is 84.1 Å². The highest BCUT2D eigenvalue weighted by molar-refractivity contribution is 7.12. The molecule has 0 aromatic carbocycles. The summed E-state index contributed by atoms with van der Waals surface area (Å²) in [5, 5.41) is 13.7. The SMILES string of the molecule is CC(OC(=O)c1sccc1-n1cccc1)C(=O)NC(C)(C#N)C(C)C. The van der Waals surface area contributed by atoms with Gasteiger partial charge in [0.25, 0.3) is 5.91 Å². The number of rotatable bonds is 6. The van der Waals surface area contributed by atoms with Gasteiger partial charge in [-0.15, -0.1) is 11.3 Å². The summed E-state index contributed by atoms with van der Waals surface area (Å²) in [6.07, 6.45) is 2.66. The van der Waals surface area contributed by atoms with E-state index in [1.165, 1.54) is 18.3 Å². The monoisotopic (exact) mass is 359 g/mol. The third-order valence-corrected chi connectivity index (χ3v) is 5.02. The maximum Gasteiger partial charge on any atom is 0.351 e. The number of amides is 1. The standard InChI is InChI=1S/C18H21N3O3S/c1-12(2)18(4,11-19)20-16(22)13(3)24-17(23)15-14(7-10-25-15)21-8-5-6-9-21/h5-10,12-13H,1-4H3,(H,20,22). The fourth-order valence-corrected chi connectivity index (χ4v) is 2.85. The zero-order chi connectivity index (χ0) is 18.6. The van der Waals surface area contributed by atoms with Crippen molar-refractivity contribution in [2.45, 2.75) is 39.3 Å². The van der Waals surface area contributed by atoms with Crippen LogP contribution in [-0.4, -0.2) is 28.1 Å². The number of hydrogen-bond donors (Lipinski definition) is 1. The van der Waals surface area contributed by atoms with Gasteiger partial charge in [0.1, 0.15) is 10.4 Å². The predicted octanol–water partition coefficient (Wildman–Crippen LogP) is 3.14. The molecule has 0 radical (unpaired) electrons. The number of esters is 1. The number of carbonyl (C=O) groups is 2. The Kier molecular flexibility index (Phi) is 5.65. The van der Waals surface area contributed by atoms with Gasteiger partial charge >= 0.3 is 5.97 Å². The largest absolute Gasteiger partial charge is 0.448 e. The second kappa shape index (κ2) is 7.53. The van der Waals surface area contributed by atoms with Crippen molar-refractivity contribution in [3.63, 3.8) is 0 Å². The van der Waals surface area contributed by atoms with Crippen LogP contribution in [0.2, 0.25) is 0 Å². The lowest BCUT2D eigenvalue weighted by atomic mass is 9.90. The number of nitriles is 1. The second-order valence-corrected chi connectivity index (χ2v) is 7.15. The number of thiophene rings is 1. The van der Waals surface area contributed by atoms with E-state index in [0.717, 1.165) is 0 Å². The van der Waals surface area contributed by atoms with Crippen LogP contribution < -0.4 is 5.32 Å². The van der Waals surface area contributed by atoms with Gasteiger partial charge < -0.3 is 14.6 Å². The Morgan fingerprint density at radius 1 is 1.32 bits per heavy atom. The summed E-state index contributed by atoms with van der Waals surface area (Å²) < 4.78 is 7.11. The summed E-state index contributed by atoms with van der Waals surface area (Å²) in [5.41, 5.74) is -0.312. The molecule has 1 amide bonds. The molecule has 25 heavy (non-hydrogen) atoms. The number of carbonyl (C=O) groups excluding carboxylic acids is 2. The third-order valence-electron chi connectivity index (χ3n) is 4.14. The van der Waals surface area contributed by atoms with Gasteiger partial charge in [-0.25, -0.2) is 4.79 Å². The van der Waals surface area contributed by atoms with Gasteiger partial charge in [-0.3, -0.25) is 4.79 Å². The van der Waals surface area contributed by atoms with Crippen LogP contribution in [0.15, 0.2) is 36.0 Å². The van der Waals surface area contributed by atoms with Crippen molar-refractivity contribution < 1.29 is 14.3 Å². The Balaban J connectivity index is 2.08. The summed E-state index contributed by atoms with van der Waals surface area (Å²) >= 11 is 1.25. The van der Waals surface area contributed by atoms with Gasteiger partial charge in [0.15, 0.2) is 6.10 Å². The number of ether oxygens (including phenoxy) is 1. The smallest absolute Gasteiger partial charge is 0.351 e. The van der Waals surface area contributed by atoms with Crippen LogP contribution in [0.1, 0.15) is 37.4 Å². The van der Waals surface area contributed by atoms with E-state index in [9.17, 15) is 14.9 Å². The highest BCUT2D eigenvalue weighted by Gasteiger charge is 2.33. The lowest BCUT2D eigenvalue weighted by molar-refractivity contribution is -0.130. The molecular weight excluding hydrogens is 338 g/mol. The molecular formula is C18H21N3O3S. The molecule has 0 aliphatic heterocycles. The van der Waals surface area contributed by atoms with E-state index in [0.29, 0.717) is 10.6 Å². The Hall–Kier alpha value is -2.59. The maximum atomic E-state index is 12.4. The Morgan fingerprint density at radius 3 is 2.52 bits per heavy atom. The van der Waals surface area contributed by atoms with Crippen molar-refractivity contribution in [2.75, 3.05) is 0 Å². The number of nitrogens with zero attached hydrogens (tertiary/aromatic N) is 2. The van der Waals surface area contributed by atoms with Gasteiger partial charge in [-0.05, 0) is 43.3 Å². The van der Waals surface area contributed by atoms with Crippen LogP contribution in [0.25, 0.3) is 5.69 Å². The lowest BCUT2D eigenvalue weighted by Gasteiger charge is -2.28. The molecule has 0 aliphatic rings. The zero-order valence-electron chi connectivity index (χ0n) is 14.6. The van der Waals surface area contributed by atoms with Crippen LogP contribution >= 0.6 is 11.3 Å². The first-order valence-electron chi connectivity index (χ1n) is 7.93. The Bertz CT molecular complexity index is 789. The van der Waals surface area contributed by atoms with E-state index in [1.807, 2.05) is 49.0 Å². The van der Waals surface area contributed by atoms with E-state index >= 15 is 0 Å². The molecule has 2 rings (SSSR count). The molecule has 0 fully saturated rings. The fourth-order valence-electron chi connectivity index (χ4n) is 2.08. The second-order valence-electron chi connectivity index (χ2n) is 6.23. The van der Waals surface area contributed by atoms with E-state index in [2.05, 4.69) is 11.4 Å². The minimum absolute atomic E-state index is 0.0815. The predicted molar refractivity (Wildman–Crippen MR) is 95.5 cm³/mol. The van der Waals surface area contributed by atoms with Crippen molar-refractivity contribution in [3.05, 3.63) is 40.8 Å². The van der Waals surface area contributed by atoms with Gasteiger partial charge in [-0.1, -0.05) is 13.8 Å². The molecule has 0 aliphatic carbocycles. The number of aromatic nitrogens is 1. The van der Waals surface area contributed by atoms with Crippen molar-refractivity contribution >= 4 is 23.2 Å². The van der Waals surface area contributed by atoms with Crippen LogP contribution in [0.3, 0.4) is 0 Å². The average molecular weight is 359 g/mol. The van der Waals surface area contributed by atoms with Gasteiger partial charge in [0.05, 0.1) is 11.8 Å². The molecule has 2 aromatic rings. The van der Waals surface area contributed by atoms with Crippen LogP contribution in [0.5, 0.6) is 0 Å². The molecule has 0 saturated heterocycles. The van der Waals surface area contributed by atoms with E-state index in [-0.39, 0.29) is 5.92 Å². The summed E-state index contributed by atoms with van der Waals surface area (Å²) in [5.74, 6) is -1.14. The van der Waals surface area contributed by atoms with Crippen LogP contribution in [-0.2, 0) is 9.53 Å². The average Bonchev–Trinajstić information content (AvgIpc) is 3.24. The Morgan fingerprint density at radius 2 is 1.96 bits per heavy atom. The summed E-state index contributed by atoms with van der Waals surface area (Å²) in [4.78, 5) is 25.2. The van der Waals surface area contributed by atoms with Crippen molar-refractivity contribution in [1.82, 2.24) is 9.88 Å². The highest BCUT2D eigenvalue weighted by atomic mass is 32.1. The zero-order valence-corrected chi connectivity index (χ0v) is 15.5. The quantitative estimate of drug-likeness (QED) is 0.803. The summed E-state index contributed by atoms with van der Waals surface area (Å²) in [7, 11) is 0. The molecule has 1 N–H and O–H groups in total. The lowest BCUT2D eigenvalue weighted by Crippen LogP contribution is -2.52. The molecule has 2 aromatic heterocycles. The number of nitrogens with one attached hydrogen (secondary N) is 1. The van der Waals surface area contributed by atoms with Crippen molar-refractivity contribution in [1.29, 1.82) is 5.26 Å². The molecule has 2 unspecified atom stereocenters. The third kappa shape index (κ3) is 4.09. The van der Waals surface area contributed by atoms with Crippen molar-refractivity contribution in [2.24, 2.45) is 5.92 Å². The normalized spacial score (nSPS) is 14.4. The van der Waals surface area contributed by atoms with Gasteiger partial charge in [0, 0.05) is 12.4 Å². The molecule has 0 saturated carbocycles. The molecule has 2 atom stereocenters. The fraction of sp³-hybridized carbons (Fsp3) is 0.389. The minimum atomic E-state index is -1.02. The first-order valence-corrected chi connectivity index (χ1v) is 8.81. The first kappa shape index (κ1) is 18.7. The van der Waals surface area contributed by atoms with Crippen molar-refractivity contribution in [3.8, 4) is 11.8 Å². The maximum absolute atomic E-state index is 12.4. The summed E-state index contributed by atoms with van der Waals surface area (Å²) in [6.45, 7) is 6.83. The van der Waals surface area contributed by atoms with Crippen LogP contribution in [0, 0.1) is 17.2 Å².